The van der Waals surface area contributed by atoms with Gasteiger partial charge in [-0.2, -0.15) is 0 Å². The first-order valence-electron chi connectivity index (χ1n) is 6.64. The lowest BCUT2D eigenvalue weighted by atomic mass is 9.62. The van der Waals surface area contributed by atoms with Crippen LogP contribution in [-0.2, 0) is 4.79 Å². The Morgan fingerprint density at radius 1 is 1.25 bits per heavy atom. The maximum atomic E-state index is 12.0. The van der Waals surface area contributed by atoms with Gasteiger partial charge in [0, 0.05) is 12.3 Å². The first-order chi connectivity index (χ1) is 7.39. The standard InChI is InChI=1S/C14H22O2/c1-8-4-5-10(15)14(16)7-6-9-12(11(8)14)13(9,2)3/h8-9,11-12,16H,4-7H2,1-3H3/t8-,9-,11-,12+,14-/m1/s1. The largest absolute Gasteiger partial charge is 0.382 e. The van der Waals surface area contributed by atoms with Gasteiger partial charge in [-0.1, -0.05) is 20.8 Å². The molecule has 2 heteroatoms. The van der Waals surface area contributed by atoms with Crippen molar-refractivity contribution in [1.29, 1.82) is 0 Å². The van der Waals surface area contributed by atoms with E-state index in [4.69, 9.17) is 0 Å². The van der Waals surface area contributed by atoms with Crippen LogP contribution in [0.2, 0.25) is 0 Å². The van der Waals surface area contributed by atoms with E-state index in [1.165, 1.54) is 0 Å². The molecule has 0 radical (unpaired) electrons. The number of hydrogen-bond acceptors (Lipinski definition) is 2. The fourth-order valence-corrected chi connectivity index (χ4v) is 4.80. The molecule has 3 saturated carbocycles. The maximum absolute atomic E-state index is 12.0. The average Bonchev–Trinajstić information content (AvgIpc) is 2.76. The number of Topliss-reactive ketones (excluding diaryl/α,β-unsaturated/α-hetero) is 1. The van der Waals surface area contributed by atoms with Crippen molar-refractivity contribution in [2.45, 2.75) is 52.1 Å². The van der Waals surface area contributed by atoms with Crippen molar-refractivity contribution in [1.82, 2.24) is 0 Å². The van der Waals surface area contributed by atoms with Crippen LogP contribution in [0, 0.1) is 29.1 Å². The zero-order valence-corrected chi connectivity index (χ0v) is 10.5. The lowest BCUT2D eigenvalue weighted by molar-refractivity contribution is -0.159. The van der Waals surface area contributed by atoms with Gasteiger partial charge in [0.25, 0.3) is 0 Å². The highest BCUT2D eigenvalue weighted by Gasteiger charge is 2.70. The van der Waals surface area contributed by atoms with Crippen molar-refractivity contribution in [3.8, 4) is 0 Å². The van der Waals surface area contributed by atoms with Crippen LogP contribution in [-0.4, -0.2) is 16.5 Å². The summed E-state index contributed by atoms with van der Waals surface area (Å²) in [5.41, 5.74) is -0.604. The molecule has 0 aromatic heterocycles. The Hall–Kier alpha value is -0.370. The molecule has 1 N–H and O–H groups in total. The molecule has 5 atom stereocenters. The third kappa shape index (κ3) is 1.09. The minimum Gasteiger partial charge on any atom is -0.382 e. The number of hydrogen-bond donors (Lipinski definition) is 1. The SMILES string of the molecule is C[C@@H]1CCC(=O)[C@]2(O)CC[C@@H]3[C@@H]([C@@H]12)C3(C)C. The second-order valence-corrected chi connectivity index (χ2v) is 6.88. The highest BCUT2D eigenvalue weighted by atomic mass is 16.3. The van der Waals surface area contributed by atoms with E-state index in [9.17, 15) is 9.90 Å². The van der Waals surface area contributed by atoms with E-state index in [-0.39, 0.29) is 11.7 Å². The Bertz CT molecular complexity index is 347. The summed E-state index contributed by atoms with van der Waals surface area (Å²) < 4.78 is 0. The molecule has 0 bridgehead atoms. The van der Waals surface area contributed by atoms with E-state index in [0.717, 1.165) is 18.8 Å². The first-order valence-corrected chi connectivity index (χ1v) is 6.64. The number of carbonyl (C=O) groups excluding carboxylic acids is 1. The quantitative estimate of drug-likeness (QED) is 0.683. The average molecular weight is 222 g/mol. The van der Waals surface area contributed by atoms with Crippen LogP contribution in [0.1, 0.15) is 46.5 Å². The number of aliphatic hydroxyl groups is 1. The van der Waals surface area contributed by atoms with Crippen molar-refractivity contribution in [2.24, 2.45) is 29.1 Å². The van der Waals surface area contributed by atoms with Crippen LogP contribution in [0.3, 0.4) is 0 Å². The van der Waals surface area contributed by atoms with E-state index in [1.54, 1.807) is 0 Å². The number of ketones is 1. The lowest BCUT2D eigenvalue weighted by Crippen LogP contribution is -2.54. The molecule has 0 saturated heterocycles. The van der Waals surface area contributed by atoms with Gasteiger partial charge in [-0.15, -0.1) is 0 Å². The number of rotatable bonds is 0. The molecule has 0 unspecified atom stereocenters. The van der Waals surface area contributed by atoms with E-state index < -0.39 is 5.60 Å². The van der Waals surface area contributed by atoms with Crippen LogP contribution >= 0.6 is 0 Å². The van der Waals surface area contributed by atoms with Crippen molar-refractivity contribution < 1.29 is 9.90 Å². The molecule has 3 rings (SSSR count). The van der Waals surface area contributed by atoms with E-state index in [1.807, 2.05) is 0 Å². The normalized spacial score (nSPS) is 54.1. The van der Waals surface area contributed by atoms with Crippen LogP contribution in [0.4, 0.5) is 0 Å². The Morgan fingerprint density at radius 3 is 2.62 bits per heavy atom. The van der Waals surface area contributed by atoms with Crippen LogP contribution in [0.15, 0.2) is 0 Å². The summed E-state index contributed by atoms with van der Waals surface area (Å²) in [5.74, 6) is 2.22. The lowest BCUT2D eigenvalue weighted by Gasteiger charge is -2.45. The molecule has 16 heavy (non-hydrogen) atoms. The zero-order valence-electron chi connectivity index (χ0n) is 10.5. The second-order valence-electron chi connectivity index (χ2n) is 6.88. The summed E-state index contributed by atoms with van der Waals surface area (Å²) in [5, 5.41) is 10.7. The molecule has 0 amide bonds. The van der Waals surface area contributed by atoms with Gasteiger partial charge in [0.15, 0.2) is 5.78 Å². The van der Waals surface area contributed by atoms with Gasteiger partial charge in [0.2, 0.25) is 0 Å². The van der Waals surface area contributed by atoms with Gasteiger partial charge < -0.3 is 5.11 Å². The second kappa shape index (κ2) is 2.90. The molecule has 3 aliphatic carbocycles. The zero-order chi connectivity index (χ0) is 11.7. The topological polar surface area (TPSA) is 37.3 Å². The van der Waals surface area contributed by atoms with E-state index in [2.05, 4.69) is 20.8 Å². The Morgan fingerprint density at radius 2 is 1.94 bits per heavy atom. The first kappa shape index (κ1) is 10.8. The smallest absolute Gasteiger partial charge is 0.164 e. The highest BCUT2D eigenvalue weighted by molar-refractivity contribution is 5.88. The summed E-state index contributed by atoms with van der Waals surface area (Å²) in [6, 6.07) is 0. The van der Waals surface area contributed by atoms with Gasteiger partial charge in [0.05, 0.1) is 0 Å². The van der Waals surface area contributed by atoms with Gasteiger partial charge in [-0.05, 0) is 42.4 Å². The summed E-state index contributed by atoms with van der Waals surface area (Å²) in [7, 11) is 0. The fourth-order valence-electron chi connectivity index (χ4n) is 4.80. The molecule has 90 valence electrons. The Labute approximate surface area is 97.4 Å². The Kier molecular flexibility index (Phi) is 1.95. The summed E-state index contributed by atoms with van der Waals surface area (Å²) in [6.45, 7) is 6.83. The summed E-state index contributed by atoms with van der Waals surface area (Å²) in [4.78, 5) is 12.0. The maximum Gasteiger partial charge on any atom is 0.164 e. The monoisotopic (exact) mass is 222 g/mol. The van der Waals surface area contributed by atoms with Gasteiger partial charge in [-0.3, -0.25) is 4.79 Å². The predicted molar refractivity (Wildman–Crippen MR) is 61.8 cm³/mol. The van der Waals surface area contributed by atoms with Crippen molar-refractivity contribution in [2.75, 3.05) is 0 Å². The number of carbonyl (C=O) groups is 1. The van der Waals surface area contributed by atoms with Gasteiger partial charge >= 0.3 is 0 Å². The molecule has 3 aliphatic rings. The highest BCUT2D eigenvalue weighted by Crippen LogP contribution is 2.71. The van der Waals surface area contributed by atoms with Gasteiger partial charge in [-0.25, -0.2) is 0 Å². The molecule has 0 spiro atoms. The minimum atomic E-state index is -0.966. The summed E-state index contributed by atoms with van der Waals surface area (Å²) >= 11 is 0. The third-order valence-corrected chi connectivity index (χ3v) is 5.84. The van der Waals surface area contributed by atoms with Crippen LogP contribution in [0.25, 0.3) is 0 Å². The van der Waals surface area contributed by atoms with Crippen LogP contribution in [0.5, 0.6) is 0 Å². The van der Waals surface area contributed by atoms with Crippen molar-refractivity contribution >= 4 is 5.78 Å². The Balaban J connectivity index is 1.98. The third-order valence-electron chi connectivity index (χ3n) is 5.84. The molecule has 2 nitrogen and oxygen atoms in total. The molecular formula is C14H22O2. The fraction of sp³-hybridized carbons (Fsp3) is 0.929. The summed E-state index contributed by atoms with van der Waals surface area (Å²) in [6.07, 6.45) is 3.33. The molecule has 0 heterocycles. The molecule has 0 aromatic rings. The predicted octanol–water partition coefficient (Wildman–Crippen LogP) is 2.40. The van der Waals surface area contributed by atoms with Crippen LogP contribution < -0.4 is 0 Å². The number of fused-ring (bicyclic) bond motifs is 3. The van der Waals surface area contributed by atoms with E-state index >= 15 is 0 Å². The van der Waals surface area contributed by atoms with Crippen molar-refractivity contribution in [3.63, 3.8) is 0 Å². The van der Waals surface area contributed by atoms with Gasteiger partial charge in [0.1, 0.15) is 5.60 Å². The molecular weight excluding hydrogens is 200 g/mol. The molecule has 3 fully saturated rings. The van der Waals surface area contributed by atoms with Crippen molar-refractivity contribution in [3.05, 3.63) is 0 Å². The minimum absolute atomic E-state index is 0.122. The molecule has 0 aromatic carbocycles. The van der Waals surface area contributed by atoms with E-state index in [0.29, 0.717) is 30.1 Å². The molecule has 0 aliphatic heterocycles.